The monoisotopic (exact) mass is 392 g/mol. The SMILES string of the molecule is CN1CCN(CCNC(=O)[C@H]2C[C@H](NC(=O)c3ccc(F)cc3)[C@@H](O)C2)C1=O. The minimum atomic E-state index is -0.825. The van der Waals surface area contributed by atoms with Gasteiger partial charge in [-0.15, -0.1) is 0 Å². The number of halogens is 1. The van der Waals surface area contributed by atoms with Gasteiger partial charge < -0.3 is 25.5 Å². The third-order valence-corrected chi connectivity index (χ3v) is 5.31. The molecule has 1 aromatic rings. The van der Waals surface area contributed by atoms with Crippen molar-refractivity contribution in [2.45, 2.75) is 25.0 Å². The Labute approximate surface area is 162 Å². The molecule has 2 aliphatic rings. The number of likely N-dealkylation sites (N-methyl/N-ethyl adjacent to an activating group) is 1. The van der Waals surface area contributed by atoms with E-state index in [9.17, 15) is 23.9 Å². The number of benzene rings is 1. The standard InChI is InChI=1S/C19H25FN4O4/c1-23-8-9-24(19(23)28)7-6-21-17(26)13-10-15(16(25)11-13)22-18(27)12-2-4-14(20)5-3-12/h2-5,13,15-16,25H,6-11H2,1H3,(H,21,26)(H,22,27)/t13-,15-,16-/m0/s1. The number of amides is 4. The highest BCUT2D eigenvalue weighted by Crippen LogP contribution is 2.26. The summed E-state index contributed by atoms with van der Waals surface area (Å²) in [6.45, 7) is 2.11. The van der Waals surface area contributed by atoms with Crippen molar-refractivity contribution in [3.63, 3.8) is 0 Å². The zero-order valence-electron chi connectivity index (χ0n) is 15.7. The molecular formula is C19H25FN4O4. The van der Waals surface area contributed by atoms with E-state index in [1.165, 1.54) is 24.3 Å². The first-order chi connectivity index (χ1) is 13.3. The van der Waals surface area contributed by atoms with Crippen LogP contribution in [0, 0.1) is 11.7 Å². The zero-order valence-corrected chi connectivity index (χ0v) is 15.7. The van der Waals surface area contributed by atoms with Crippen LogP contribution in [0.1, 0.15) is 23.2 Å². The van der Waals surface area contributed by atoms with Crippen molar-refractivity contribution in [3.05, 3.63) is 35.6 Å². The lowest BCUT2D eigenvalue weighted by molar-refractivity contribution is -0.125. The lowest BCUT2D eigenvalue weighted by Crippen LogP contribution is -2.40. The number of nitrogens with one attached hydrogen (secondary N) is 2. The number of carbonyl (C=O) groups excluding carboxylic acids is 3. The third-order valence-electron chi connectivity index (χ3n) is 5.31. The van der Waals surface area contributed by atoms with Crippen LogP contribution < -0.4 is 10.6 Å². The molecule has 0 radical (unpaired) electrons. The van der Waals surface area contributed by atoms with E-state index in [1.54, 1.807) is 16.8 Å². The van der Waals surface area contributed by atoms with Crippen LogP contribution in [-0.2, 0) is 4.79 Å². The summed E-state index contributed by atoms with van der Waals surface area (Å²) in [5, 5.41) is 15.7. The van der Waals surface area contributed by atoms with Crippen molar-refractivity contribution in [2.24, 2.45) is 5.92 Å². The Kier molecular flexibility index (Phi) is 6.13. The molecule has 0 bridgehead atoms. The number of hydrogen-bond donors (Lipinski definition) is 3. The topological polar surface area (TPSA) is 102 Å². The Hall–Kier alpha value is -2.68. The molecule has 1 aromatic carbocycles. The van der Waals surface area contributed by atoms with Crippen LogP contribution in [0.3, 0.4) is 0 Å². The largest absolute Gasteiger partial charge is 0.391 e. The van der Waals surface area contributed by atoms with Crippen LogP contribution in [0.5, 0.6) is 0 Å². The van der Waals surface area contributed by atoms with E-state index in [-0.39, 0.29) is 18.4 Å². The molecule has 1 saturated heterocycles. The Morgan fingerprint density at radius 2 is 1.93 bits per heavy atom. The van der Waals surface area contributed by atoms with E-state index in [2.05, 4.69) is 10.6 Å². The Morgan fingerprint density at radius 3 is 2.57 bits per heavy atom. The highest BCUT2D eigenvalue weighted by Gasteiger charge is 2.37. The van der Waals surface area contributed by atoms with Gasteiger partial charge in [0, 0.05) is 44.7 Å². The van der Waals surface area contributed by atoms with E-state index in [1.807, 2.05) is 0 Å². The molecule has 1 heterocycles. The van der Waals surface area contributed by atoms with Gasteiger partial charge in [0.1, 0.15) is 5.82 Å². The fourth-order valence-corrected chi connectivity index (χ4v) is 3.61. The number of hydrogen-bond acceptors (Lipinski definition) is 4. The van der Waals surface area contributed by atoms with Gasteiger partial charge in [0.25, 0.3) is 5.91 Å². The molecule has 152 valence electrons. The van der Waals surface area contributed by atoms with Gasteiger partial charge in [0.15, 0.2) is 0 Å². The van der Waals surface area contributed by atoms with Crippen LogP contribution in [0.15, 0.2) is 24.3 Å². The normalized spacial score (nSPS) is 24.5. The predicted octanol–water partition coefficient (Wildman–Crippen LogP) is 0.179. The predicted molar refractivity (Wildman–Crippen MR) is 99.0 cm³/mol. The molecular weight excluding hydrogens is 367 g/mol. The molecule has 3 rings (SSSR count). The van der Waals surface area contributed by atoms with Crippen LogP contribution in [0.25, 0.3) is 0 Å². The summed E-state index contributed by atoms with van der Waals surface area (Å²) in [7, 11) is 1.74. The fraction of sp³-hybridized carbons (Fsp3) is 0.526. The fourth-order valence-electron chi connectivity index (χ4n) is 3.61. The van der Waals surface area contributed by atoms with E-state index in [4.69, 9.17) is 0 Å². The zero-order chi connectivity index (χ0) is 20.3. The average Bonchev–Trinajstić information content (AvgIpc) is 3.19. The molecule has 0 aromatic heterocycles. The van der Waals surface area contributed by atoms with Gasteiger partial charge in [-0.05, 0) is 37.1 Å². The Balaban J connectivity index is 1.44. The molecule has 3 atom stereocenters. The lowest BCUT2D eigenvalue weighted by atomic mass is 10.1. The molecule has 1 saturated carbocycles. The van der Waals surface area contributed by atoms with Crippen LogP contribution in [0.4, 0.5) is 9.18 Å². The summed E-state index contributed by atoms with van der Waals surface area (Å²) in [4.78, 5) is 39.7. The number of nitrogens with zero attached hydrogens (tertiary/aromatic N) is 2. The van der Waals surface area contributed by atoms with Crippen molar-refractivity contribution in [1.82, 2.24) is 20.4 Å². The van der Waals surface area contributed by atoms with E-state index >= 15 is 0 Å². The van der Waals surface area contributed by atoms with Gasteiger partial charge in [-0.3, -0.25) is 9.59 Å². The van der Waals surface area contributed by atoms with Gasteiger partial charge in [0.05, 0.1) is 12.1 Å². The molecule has 1 aliphatic carbocycles. The van der Waals surface area contributed by atoms with E-state index in [0.29, 0.717) is 38.2 Å². The number of aliphatic hydroxyl groups is 1. The second kappa shape index (κ2) is 8.55. The molecule has 4 amide bonds. The summed E-state index contributed by atoms with van der Waals surface area (Å²) >= 11 is 0. The van der Waals surface area contributed by atoms with Crippen molar-refractivity contribution in [3.8, 4) is 0 Å². The van der Waals surface area contributed by atoms with Gasteiger partial charge >= 0.3 is 6.03 Å². The van der Waals surface area contributed by atoms with Crippen molar-refractivity contribution < 1.29 is 23.9 Å². The second-order valence-corrected chi connectivity index (χ2v) is 7.30. The summed E-state index contributed by atoms with van der Waals surface area (Å²) in [6, 6.07) is 4.54. The number of rotatable bonds is 6. The van der Waals surface area contributed by atoms with Crippen molar-refractivity contribution >= 4 is 17.8 Å². The quantitative estimate of drug-likeness (QED) is 0.643. The molecule has 28 heavy (non-hydrogen) atoms. The average molecular weight is 392 g/mol. The first-order valence-electron chi connectivity index (χ1n) is 9.37. The van der Waals surface area contributed by atoms with Crippen LogP contribution >= 0.6 is 0 Å². The van der Waals surface area contributed by atoms with Crippen molar-refractivity contribution in [2.75, 3.05) is 33.2 Å². The van der Waals surface area contributed by atoms with E-state index < -0.39 is 29.8 Å². The smallest absolute Gasteiger partial charge is 0.319 e. The van der Waals surface area contributed by atoms with Gasteiger partial charge in [0.2, 0.25) is 5.91 Å². The van der Waals surface area contributed by atoms with Gasteiger partial charge in [-0.25, -0.2) is 9.18 Å². The Morgan fingerprint density at radius 1 is 1.21 bits per heavy atom. The maximum atomic E-state index is 13.0. The molecule has 9 heteroatoms. The molecule has 3 N–H and O–H groups in total. The summed E-state index contributed by atoms with van der Waals surface area (Å²) < 4.78 is 13.0. The lowest BCUT2D eigenvalue weighted by Gasteiger charge is -2.17. The summed E-state index contributed by atoms with van der Waals surface area (Å²) in [6.07, 6.45) is -0.245. The first kappa shape index (κ1) is 20.1. The first-order valence-corrected chi connectivity index (χ1v) is 9.37. The van der Waals surface area contributed by atoms with Crippen molar-refractivity contribution in [1.29, 1.82) is 0 Å². The second-order valence-electron chi connectivity index (χ2n) is 7.30. The molecule has 0 unspecified atom stereocenters. The number of carbonyl (C=O) groups is 3. The Bertz CT molecular complexity index is 742. The summed E-state index contributed by atoms with van der Waals surface area (Å²) in [5.74, 6) is -1.46. The maximum absolute atomic E-state index is 13.0. The van der Waals surface area contributed by atoms with E-state index in [0.717, 1.165) is 0 Å². The highest BCUT2D eigenvalue weighted by molar-refractivity contribution is 5.94. The molecule has 0 spiro atoms. The van der Waals surface area contributed by atoms with Crippen LogP contribution in [-0.4, -0.2) is 78.1 Å². The number of urea groups is 1. The van der Waals surface area contributed by atoms with Gasteiger partial charge in [-0.2, -0.15) is 0 Å². The molecule has 8 nitrogen and oxygen atoms in total. The minimum Gasteiger partial charge on any atom is -0.391 e. The highest BCUT2D eigenvalue weighted by atomic mass is 19.1. The maximum Gasteiger partial charge on any atom is 0.319 e. The third kappa shape index (κ3) is 4.59. The molecule has 2 fully saturated rings. The summed E-state index contributed by atoms with van der Waals surface area (Å²) in [5.41, 5.74) is 0.293. The van der Waals surface area contributed by atoms with Crippen LogP contribution in [0.2, 0.25) is 0 Å². The number of aliphatic hydroxyl groups excluding tert-OH is 1. The van der Waals surface area contributed by atoms with Gasteiger partial charge in [-0.1, -0.05) is 0 Å². The molecule has 1 aliphatic heterocycles. The minimum absolute atomic E-state index is 0.0471.